The van der Waals surface area contributed by atoms with E-state index in [4.69, 9.17) is 4.74 Å². The summed E-state index contributed by atoms with van der Waals surface area (Å²) in [5.74, 6) is 1.36. The summed E-state index contributed by atoms with van der Waals surface area (Å²) in [6.07, 6.45) is 4.29. The van der Waals surface area contributed by atoms with Gasteiger partial charge >= 0.3 is 0 Å². The van der Waals surface area contributed by atoms with Gasteiger partial charge < -0.3 is 10.1 Å². The van der Waals surface area contributed by atoms with Crippen LogP contribution in [0.15, 0.2) is 67.0 Å². The molecule has 0 bridgehead atoms. The van der Waals surface area contributed by atoms with Crippen LogP contribution in [-0.2, 0) is 6.42 Å². The van der Waals surface area contributed by atoms with Gasteiger partial charge in [-0.1, -0.05) is 30.3 Å². The Hall–Kier alpha value is -3.21. The number of carbonyl (C=O) groups excluding carboxylic acids is 1. The van der Waals surface area contributed by atoms with Gasteiger partial charge in [0.25, 0.3) is 5.91 Å². The fourth-order valence-corrected chi connectivity index (χ4v) is 2.51. The van der Waals surface area contributed by atoms with Crippen LogP contribution >= 0.6 is 0 Å². The fraction of sp³-hybridized carbons (Fsp3) is 0.190. The molecule has 1 N–H and O–H groups in total. The van der Waals surface area contributed by atoms with Gasteiger partial charge in [0.05, 0.1) is 6.61 Å². The van der Waals surface area contributed by atoms with Crippen molar-refractivity contribution in [1.29, 1.82) is 0 Å². The number of ether oxygens (including phenoxy) is 1. The molecule has 5 heteroatoms. The van der Waals surface area contributed by atoms with Gasteiger partial charge in [0.2, 0.25) is 0 Å². The third-order valence-corrected chi connectivity index (χ3v) is 3.86. The second-order valence-corrected chi connectivity index (χ2v) is 5.74. The molecule has 0 unspecified atom stereocenters. The Labute approximate surface area is 153 Å². The van der Waals surface area contributed by atoms with Crippen LogP contribution in [0.3, 0.4) is 0 Å². The van der Waals surface area contributed by atoms with E-state index in [-0.39, 0.29) is 5.91 Å². The predicted molar refractivity (Wildman–Crippen MR) is 101 cm³/mol. The molecule has 26 heavy (non-hydrogen) atoms. The monoisotopic (exact) mass is 347 g/mol. The van der Waals surface area contributed by atoms with Crippen LogP contribution in [0.4, 0.5) is 0 Å². The lowest BCUT2D eigenvalue weighted by molar-refractivity contribution is 0.0954. The first kappa shape index (κ1) is 17.6. The molecule has 132 valence electrons. The highest BCUT2D eigenvalue weighted by Crippen LogP contribution is 2.14. The van der Waals surface area contributed by atoms with Crippen molar-refractivity contribution in [3.8, 4) is 17.1 Å². The topological polar surface area (TPSA) is 64.1 Å². The summed E-state index contributed by atoms with van der Waals surface area (Å²) >= 11 is 0. The SMILES string of the molecule is CCOc1ccc(C(=O)NCCc2cnc(-c3ccccc3)nc2)cc1. The van der Waals surface area contributed by atoms with E-state index in [2.05, 4.69) is 15.3 Å². The predicted octanol–water partition coefficient (Wildman–Crippen LogP) is 3.51. The zero-order chi connectivity index (χ0) is 18.2. The maximum Gasteiger partial charge on any atom is 0.251 e. The van der Waals surface area contributed by atoms with Gasteiger partial charge in [0.1, 0.15) is 5.75 Å². The number of hydrogen-bond acceptors (Lipinski definition) is 4. The normalized spacial score (nSPS) is 10.3. The molecule has 0 spiro atoms. The Balaban J connectivity index is 1.50. The van der Waals surface area contributed by atoms with Crippen LogP contribution in [0.25, 0.3) is 11.4 Å². The molecule has 0 saturated heterocycles. The maximum absolute atomic E-state index is 12.2. The molecule has 1 amide bonds. The minimum atomic E-state index is -0.102. The Kier molecular flexibility index (Phi) is 5.93. The molecule has 3 aromatic rings. The van der Waals surface area contributed by atoms with Gasteiger partial charge in [0, 0.05) is 30.1 Å². The summed E-state index contributed by atoms with van der Waals surface area (Å²) in [4.78, 5) is 20.9. The Morgan fingerprint density at radius 2 is 1.69 bits per heavy atom. The van der Waals surface area contributed by atoms with E-state index in [1.807, 2.05) is 37.3 Å². The summed E-state index contributed by atoms with van der Waals surface area (Å²) < 4.78 is 5.38. The van der Waals surface area contributed by atoms with Crippen molar-refractivity contribution < 1.29 is 9.53 Å². The van der Waals surface area contributed by atoms with Crippen LogP contribution in [-0.4, -0.2) is 29.0 Å². The third-order valence-electron chi connectivity index (χ3n) is 3.86. The van der Waals surface area contributed by atoms with E-state index in [1.165, 1.54) is 0 Å². The third kappa shape index (κ3) is 4.66. The average Bonchev–Trinajstić information content (AvgIpc) is 2.70. The van der Waals surface area contributed by atoms with Gasteiger partial charge in [-0.25, -0.2) is 9.97 Å². The largest absolute Gasteiger partial charge is 0.494 e. The number of nitrogens with zero attached hydrogens (tertiary/aromatic N) is 2. The summed E-state index contributed by atoms with van der Waals surface area (Å²) in [5, 5.41) is 2.91. The van der Waals surface area contributed by atoms with Crippen molar-refractivity contribution >= 4 is 5.91 Å². The summed E-state index contributed by atoms with van der Waals surface area (Å²) in [7, 11) is 0. The molecular formula is C21H21N3O2. The highest BCUT2D eigenvalue weighted by molar-refractivity contribution is 5.94. The van der Waals surface area contributed by atoms with Crippen molar-refractivity contribution in [3.63, 3.8) is 0 Å². The van der Waals surface area contributed by atoms with Crippen molar-refractivity contribution in [2.24, 2.45) is 0 Å². The lowest BCUT2D eigenvalue weighted by Crippen LogP contribution is -2.25. The molecule has 0 aliphatic rings. The number of hydrogen-bond donors (Lipinski definition) is 1. The van der Waals surface area contributed by atoms with Gasteiger partial charge in [0.15, 0.2) is 5.82 Å². The zero-order valence-corrected chi connectivity index (χ0v) is 14.7. The number of carbonyl (C=O) groups is 1. The molecule has 0 radical (unpaired) electrons. The van der Waals surface area contributed by atoms with Crippen LogP contribution in [0, 0.1) is 0 Å². The highest BCUT2D eigenvalue weighted by atomic mass is 16.5. The second-order valence-electron chi connectivity index (χ2n) is 5.74. The van der Waals surface area contributed by atoms with Crippen LogP contribution < -0.4 is 10.1 Å². The standard InChI is InChI=1S/C21H21N3O2/c1-2-26-19-10-8-18(9-11-19)21(25)22-13-12-16-14-23-20(24-15-16)17-6-4-3-5-7-17/h3-11,14-15H,2,12-13H2,1H3,(H,22,25). The number of rotatable bonds is 7. The molecule has 1 aromatic heterocycles. The summed E-state index contributed by atoms with van der Waals surface area (Å²) in [5.41, 5.74) is 2.59. The molecule has 5 nitrogen and oxygen atoms in total. The molecule has 0 aliphatic carbocycles. The van der Waals surface area contributed by atoms with Gasteiger partial charge in [-0.15, -0.1) is 0 Å². The lowest BCUT2D eigenvalue weighted by atomic mass is 10.2. The summed E-state index contributed by atoms with van der Waals surface area (Å²) in [6.45, 7) is 3.06. The molecule has 0 aliphatic heterocycles. The number of amides is 1. The first-order chi connectivity index (χ1) is 12.8. The minimum Gasteiger partial charge on any atom is -0.494 e. The van der Waals surface area contributed by atoms with Crippen molar-refractivity contribution in [1.82, 2.24) is 15.3 Å². The first-order valence-corrected chi connectivity index (χ1v) is 8.63. The van der Waals surface area contributed by atoms with E-state index in [9.17, 15) is 4.79 Å². The molecule has 3 rings (SSSR count). The smallest absolute Gasteiger partial charge is 0.251 e. The van der Waals surface area contributed by atoms with E-state index in [0.29, 0.717) is 31.0 Å². The van der Waals surface area contributed by atoms with Crippen LogP contribution in [0.2, 0.25) is 0 Å². The van der Waals surface area contributed by atoms with Crippen LogP contribution in [0.1, 0.15) is 22.8 Å². The summed E-state index contributed by atoms with van der Waals surface area (Å²) in [6, 6.07) is 17.0. The highest BCUT2D eigenvalue weighted by Gasteiger charge is 2.06. The molecule has 0 fully saturated rings. The molecule has 1 heterocycles. The van der Waals surface area contributed by atoms with Gasteiger partial charge in [-0.2, -0.15) is 0 Å². The number of aromatic nitrogens is 2. The Bertz CT molecular complexity index is 831. The van der Waals surface area contributed by atoms with Crippen molar-refractivity contribution in [3.05, 3.63) is 78.1 Å². The molecule has 0 atom stereocenters. The van der Waals surface area contributed by atoms with E-state index >= 15 is 0 Å². The average molecular weight is 347 g/mol. The van der Waals surface area contributed by atoms with E-state index < -0.39 is 0 Å². The second kappa shape index (κ2) is 8.76. The zero-order valence-electron chi connectivity index (χ0n) is 14.7. The lowest BCUT2D eigenvalue weighted by Gasteiger charge is -2.07. The molecular weight excluding hydrogens is 326 g/mol. The van der Waals surface area contributed by atoms with Gasteiger partial charge in [-0.05, 0) is 43.2 Å². The minimum absolute atomic E-state index is 0.102. The molecule has 2 aromatic carbocycles. The quantitative estimate of drug-likeness (QED) is 0.710. The van der Waals surface area contributed by atoms with Crippen molar-refractivity contribution in [2.75, 3.05) is 13.2 Å². The van der Waals surface area contributed by atoms with Crippen molar-refractivity contribution in [2.45, 2.75) is 13.3 Å². The van der Waals surface area contributed by atoms with Gasteiger partial charge in [-0.3, -0.25) is 4.79 Å². The first-order valence-electron chi connectivity index (χ1n) is 8.63. The van der Waals surface area contributed by atoms with Crippen LogP contribution in [0.5, 0.6) is 5.75 Å². The fourth-order valence-electron chi connectivity index (χ4n) is 2.51. The number of nitrogens with one attached hydrogen (secondary N) is 1. The van der Waals surface area contributed by atoms with E-state index in [0.717, 1.165) is 16.9 Å². The Morgan fingerprint density at radius 1 is 1.00 bits per heavy atom. The maximum atomic E-state index is 12.2. The Morgan fingerprint density at radius 3 is 2.35 bits per heavy atom. The molecule has 0 saturated carbocycles. The van der Waals surface area contributed by atoms with E-state index in [1.54, 1.807) is 36.7 Å². The number of benzene rings is 2.